The summed E-state index contributed by atoms with van der Waals surface area (Å²) in [6.45, 7) is 1.20. The van der Waals surface area contributed by atoms with Crippen molar-refractivity contribution in [2.75, 3.05) is 6.54 Å². The van der Waals surface area contributed by atoms with Gasteiger partial charge in [-0.15, -0.1) is 11.3 Å². The predicted molar refractivity (Wildman–Crippen MR) is 92.9 cm³/mol. The number of amides is 1. The molecule has 120 valence electrons. The lowest BCUT2D eigenvalue weighted by molar-refractivity contribution is -0.132. The summed E-state index contributed by atoms with van der Waals surface area (Å²) in [5.74, 6) is -0.805. The van der Waals surface area contributed by atoms with E-state index in [1.54, 1.807) is 23.5 Å². The van der Waals surface area contributed by atoms with Gasteiger partial charge in [0.2, 0.25) is 5.91 Å². The van der Waals surface area contributed by atoms with Crippen LogP contribution in [0.3, 0.4) is 0 Å². The molecule has 0 spiro atoms. The van der Waals surface area contributed by atoms with Crippen molar-refractivity contribution >= 4 is 39.1 Å². The van der Waals surface area contributed by atoms with E-state index >= 15 is 0 Å². The second-order valence-electron chi connectivity index (χ2n) is 5.59. The molecule has 2 aromatic rings. The first-order valence-electron chi connectivity index (χ1n) is 7.38. The maximum absolute atomic E-state index is 12.4. The molecule has 4 nitrogen and oxygen atoms in total. The number of nitrogens with zero attached hydrogens (tertiary/aromatic N) is 1. The first-order chi connectivity index (χ1) is 11.0. The molecule has 23 heavy (non-hydrogen) atoms. The minimum Gasteiger partial charge on any atom is -0.478 e. The first-order valence-corrected chi connectivity index (χ1v) is 9.06. The number of aryl methyl sites for hydroxylation is 1. The zero-order chi connectivity index (χ0) is 16.4. The van der Waals surface area contributed by atoms with Crippen molar-refractivity contribution in [1.29, 1.82) is 0 Å². The maximum Gasteiger partial charge on any atom is 0.335 e. The molecule has 3 rings (SSSR count). The van der Waals surface area contributed by atoms with Crippen LogP contribution in [0.5, 0.6) is 0 Å². The summed E-state index contributed by atoms with van der Waals surface area (Å²) in [5, 5.41) is 11.1. The lowest BCUT2D eigenvalue weighted by Gasteiger charge is -2.29. The van der Waals surface area contributed by atoms with Crippen LogP contribution < -0.4 is 0 Å². The summed E-state index contributed by atoms with van der Waals surface area (Å²) in [4.78, 5) is 26.5. The Morgan fingerprint density at radius 3 is 2.78 bits per heavy atom. The maximum atomic E-state index is 12.4. The number of hydrogen-bond acceptors (Lipinski definition) is 3. The monoisotopic (exact) mass is 393 g/mol. The summed E-state index contributed by atoms with van der Waals surface area (Å²) < 4.78 is 1.05. The molecule has 1 N–H and O–H groups in total. The van der Waals surface area contributed by atoms with Crippen molar-refractivity contribution in [2.24, 2.45) is 0 Å². The number of hydrogen-bond donors (Lipinski definition) is 1. The lowest BCUT2D eigenvalue weighted by Crippen LogP contribution is -2.36. The van der Waals surface area contributed by atoms with Gasteiger partial charge in [-0.3, -0.25) is 4.79 Å². The molecule has 1 aliphatic rings. The standard InChI is InChI=1S/C17H16BrNO3S/c18-14-8-15(23-10-14)3-4-16(20)19-6-5-11-1-2-12(17(21)22)7-13(11)9-19/h1-2,7-8,10H,3-6,9H2,(H,21,22). The molecular weight excluding hydrogens is 378 g/mol. The van der Waals surface area contributed by atoms with Gasteiger partial charge in [0.1, 0.15) is 0 Å². The lowest BCUT2D eigenvalue weighted by atomic mass is 9.97. The van der Waals surface area contributed by atoms with Crippen molar-refractivity contribution < 1.29 is 14.7 Å². The van der Waals surface area contributed by atoms with Gasteiger partial charge in [0.15, 0.2) is 0 Å². The molecule has 0 saturated carbocycles. The normalized spacial score (nSPS) is 13.7. The molecule has 1 aromatic carbocycles. The SMILES string of the molecule is O=C(O)c1ccc2c(c1)CN(C(=O)CCc1cc(Br)cs1)CC2. The number of rotatable bonds is 4. The number of halogens is 1. The van der Waals surface area contributed by atoms with Crippen molar-refractivity contribution in [3.8, 4) is 0 Å². The van der Waals surface area contributed by atoms with Crippen molar-refractivity contribution in [3.05, 3.63) is 55.7 Å². The van der Waals surface area contributed by atoms with Gasteiger partial charge in [0.05, 0.1) is 5.56 Å². The van der Waals surface area contributed by atoms with Crippen LogP contribution in [-0.4, -0.2) is 28.4 Å². The predicted octanol–water partition coefficient (Wildman–Crippen LogP) is 3.73. The fourth-order valence-corrected chi connectivity index (χ4v) is 4.23. The smallest absolute Gasteiger partial charge is 0.335 e. The number of carbonyl (C=O) groups excluding carboxylic acids is 1. The molecule has 1 amide bonds. The van der Waals surface area contributed by atoms with Crippen LogP contribution in [0.25, 0.3) is 0 Å². The molecule has 0 unspecified atom stereocenters. The van der Waals surface area contributed by atoms with Crippen molar-refractivity contribution in [2.45, 2.75) is 25.8 Å². The Hall–Kier alpha value is -1.66. The second-order valence-corrected chi connectivity index (χ2v) is 7.50. The Morgan fingerprint density at radius 2 is 2.09 bits per heavy atom. The van der Waals surface area contributed by atoms with Gasteiger partial charge in [-0.1, -0.05) is 6.07 Å². The summed E-state index contributed by atoms with van der Waals surface area (Å²) in [6, 6.07) is 7.23. The van der Waals surface area contributed by atoms with E-state index in [1.807, 2.05) is 22.4 Å². The van der Waals surface area contributed by atoms with E-state index in [-0.39, 0.29) is 11.5 Å². The Morgan fingerprint density at radius 1 is 1.26 bits per heavy atom. The van der Waals surface area contributed by atoms with Crippen LogP contribution in [0.4, 0.5) is 0 Å². The summed E-state index contributed by atoms with van der Waals surface area (Å²) in [5.41, 5.74) is 2.37. The zero-order valence-electron chi connectivity index (χ0n) is 12.4. The zero-order valence-corrected chi connectivity index (χ0v) is 14.8. The third-order valence-electron chi connectivity index (χ3n) is 4.03. The van der Waals surface area contributed by atoms with Crippen LogP contribution in [0.1, 0.15) is 32.8 Å². The number of carboxylic acid groups (broad SMARTS) is 1. The summed E-state index contributed by atoms with van der Waals surface area (Å²) >= 11 is 5.07. The fourth-order valence-electron chi connectivity index (χ4n) is 2.78. The molecule has 0 bridgehead atoms. The van der Waals surface area contributed by atoms with Crippen LogP contribution in [0, 0.1) is 0 Å². The molecular formula is C17H16BrNO3S. The van der Waals surface area contributed by atoms with Gasteiger partial charge < -0.3 is 10.0 Å². The van der Waals surface area contributed by atoms with Crippen molar-refractivity contribution in [3.63, 3.8) is 0 Å². The number of carboxylic acids is 1. The highest BCUT2D eigenvalue weighted by Crippen LogP contribution is 2.23. The van der Waals surface area contributed by atoms with Crippen molar-refractivity contribution in [1.82, 2.24) is 4.90 Å². The van der Waals surface area contributed by atoms with E-state index in [0.717, 1.165) is 28.4 Å². The number of fused-ring (bicyclic) bond motifs is 1. The van der Waals surface area contributed by atoms with E-state index in [4.69, 9.17) is 5.11 Å². The molecule has 2 heterocycles. The van der Waals surface area contributed by atoms with Crippen LogP contribution in [-0.2, 0) is 24.2 Å². The molecule has 0 aliphatic carbocycles. The third kappa shape index (κ3) is 3.82. The second kappa shape index (κ2) is 6.84. The average molecular weight is 394 g/mol. The highest BCUT2D eigenvalue weighted by Gasteiger charge is 2.21. The van der Waals surface area contributed by atoms with Crippen LogP contribution in [0.15, 0.2) is 34.1 Å². The fraction of sp³-hybridized carbons (Fsp3) is 0.294. The topological polar surface area (TPSA) is 57.6 Å². The number of benzene rings is 1. The minimum absolute atomic E-state index is 0.126. The van der Waals surface area contributed by atoms with Gasteiger partial charge in [0.25, 0.3) is 0 Å². The summed E-state index contributed by atoms with van der Waals surface area (Å²) in [6.07, 6.45) is 2.01. The minimum atomic E-state index is -0.931. The highest BCUT2D eigenvalue weighted by molar-refractivity contribution is 9.10. The van der Waals surface area contributed by atoms with Gasteiger partial charge in [-0.25, -0.2) is 4.79 Å². The quantitative estimate of drug-likeness (QED) is 0.860. The molecule has 1 aliphatic heterocycles. The van der Waals surface area contributed by atoms with Gasteiger partial charge in [-0.2, -0.15) is 0 Å². The van der Waals surface area contributed by atoms with Crippen LogP contribution in [0.2, 0.25) is 0 Å². The molecule has 0 saturated heterocycles. The Bertz CT molecular complexity index is 756. The van der Waals surface area contributed by atoms with E-state index < -0.39 is 5.97 Å². The highest BCUT2D eigenvalue weighted by atomic mass is 79.9. The number of aromatic carboxylic acids is 1. The molecule has 6 heteroatoms. The van der Waals surface area contributed by atoms with E-state index in [1.165, 1.54) is 4.88 Å². The van der Waals surface area contributed by atoms with Crippen LogP contribution >= 0.6 is 27.3 Å². The average Bonchev–Trinajstić information content (AvgIpc) is 2.97. The van der Waals surface area contributed by atoms with E-state index in [9.17, 15) is 9.59 Å². The van der Waals surface area contributed by atoms with E-state index in [0.29, 0.717) is 19.5 Å². The molecule has 1 aromatic heterocycles. The van der Waals surface area contributed by atoms with E-state index in [2.05, 4.69) is 15.9 Å². The number of carbonyl (C=O) groups is 2. The third-order valence-corrected chi connectivity index (χ3v) is 5.78. The van der Waals surface area contributed by atoms with Gasteiger partial charge in [0, 0.05) is 34.2 Å². The molecule has 0 atom stereocenters. The first kappa shape index (κ1) is 16.2. The Labute approximate surface area is 146 Å². The number of thiophene rings is 1. The Kier molecular flexibility index (Phi) is 4.82. The molecule has 0 radical (unpaired) electrons. The Balaban J connectivity index is 1.64. The molecule has 0 fully saturated rings. The van der Waals surface area contributed by atoms with Gasteiger partial charge in [-0.05, 0) is 58.1 Å². The largest absolute Gasteiger partial charge is 0.478 e. The van der Waals surface area contributed by atoms with Gasteiger partial charge >= 0.3 is 5.97 Å². The summed E-state index contributed by atoms with van der Waals surface area (Å²) in [7, 11) is 0.